The molecule has 4 aromatic heterocycles. The largest absolute Gasteiger partial charge is 0.387 e. The van der Waals surface area contributed by atoms with Crippen LogP contribution in [-0.2, 0) is 10.2 Å². The fourth-order valence-electron chi connectivity index (χ4n) is 4.25. The van der Waals surface area contributed by atoms with Crippen LogP contribution in [0.25, 0.3) is 11.5 Å². The van der Waals surface area contributed by atoms with Crippen molar-refractivity contribution in [2.75, 3.05) is 5.32 Å². The number of carbonyl (C=O) groups excluding carboxylic acids is 1. The number of fused-ring (bicyclic) bond motifs is 3. The summed E-state index contributed by atoms with van der Waals surface area (Å²) in [6.45, 7) is 5.73. The van der Waals surface area contributed by atoms with Gasteiger partial charge in [-0.05, 0) is 19.4 Å². The van der Waals surface area contributed by atoms with Crippen molar-refractivity contribution in [1.29, 1.82) is 0 Å². The van der Waals surface area contributed by atoms with Crippen molar-refractivity contribution in [3.63, 3.8) is 0 Å². The lowest BCUT2D eigenvalue weighted by molar-refractivity contribution is -0.117. The van der Waals surface area contributed by atoms with Crippen LogP contribution < -0.4 is 5.32 Å². The molecule has 2 N–H and O–H groups in total. The zero-order chi connectivity index (χ0) is 23.5. The number of aliphatic hydroxyl groups is 1. The number of hydrogen-bond acceptors (Lipinski definition) is 7. The molecule has 0 bridgehead atoms. The van der Waals surface area contributed by atoms with Crippen LogP contribution >= 0.6 is 23.2 Å². The second kappa shape index (κ2) is 7.75. The minimum absolute atomic E-state index is 0.194. The zero-order valence-corrected chi connectivity index (χ0v) is 19.5. The van der Waals surface area contributed by atoms with Crippen molar-refractivity contribution in [2.24, 2.45) is 0 Å². The summed E-state index contributed by atoms with van der Waals surface area (Å²) in [5.74, 6) is -0.328. The summed E-state index contributed by atoms with van der Waals surface area (Å²) in [6, 6.07) is 3.28. The molecule has 33 heavy (non-hydrogen) atoms. The first-order chi connectivity index (χ1) is 15.6. The Kier molecular flexibility index (Phi) is 5.11. The Labute approximate surface area is 198 Å². The van der Waals surface area contributed by atoms with E-state index < -0.39 is 12.0 Å². The van der Waals surface area contributed by atoms with Gasteiger partial charge < -0.3 is 10.4 Å². The molecule has 4 heterocycles. The molecule has 0 aromatic carbocycles. The number of aliphatic hydroxyl groups excluding tert-OH is 1. The Morgan fingerprint density at radius 3 is 2.70 bits per heavy atom. The zero-order valence-electron chi connectivity index (χ0n) is 18.0. The van der Waals surface area contributed by atoms with Crippen LogP contribution in [0.4, 0.5) is 5.69 Å². The van der Waals surface area contributed by atoms with E-state index in [2.05, 4.69) is 44.4 Å². The highest BCUT2D eigenvalue weighted by atomic mass is 35.5. The van der Waals surface area contributed by atoms with Crippen LogP contribution in [0, 0.1) is 0 Å². The monoisotopic (exact) mass is 486 g/mol. The molecule has 0 fully saturated rings. The highest BCUT2D eigenvalue weighted by Crippen LogP contribution is 2.46. The van der Waals surface area contributed by atoms with Crippen LogP contribution in [0.5, 0.6) is 0 Å². The van der Waals surface area contributed by atoms with E-state index >= 15 is 0 Å². The van der Waals surface area contributed by atoms with E-state index in [0.717, 1.165) is 11.3 Å². The average Bonchev–Trinajstić information content (AvgIpc) is 3.43. The van der Waals surface area contributed by atoms with Gasteiger partial charge in [0.2, 0.25) is 5.91 Å². The van der Waals surface area contributed by atoms with Gasteiger partial charge in [-0.15, -0.1) is 9.90 Å². The normalized spacial score (nSPS) is 17.8. The molecular formula is C21H20Cl2N8O2. The predicted octanol–water partition coefficient (Wildman–Crippen LogP) is 3.47. The number of carbonyl (C=O) groups is 1. The summed E-state index contributed by atoms with van der Waals surface area (Å²) in [7, 11) is 0. The quantitative estimate of drug-likeness (QED) is 0.452. The van der Waals surface area contributed by atoms with E-state index in [9.17, 15) is 9.90 Å². The fraction of sp³-hybridized carbons (Fsp3) is 0.333. The lowest BCUT2D eigenvalue weighted by Crippen LogP contribution is -2.21. The summed E-state index contributed by atoms with van der Waals surface area (Å²) in [6.07, 6.45) is 4.47. The molecule has 0 saturated carbocycles. The SMILES string of the molecule is C[C@@H](O)c1cnn(-c2ncc(NC(=O)[C@H]3CC(C)(C)c4c3cnc3cc(Cl)nn43)cc2Cl)n1. The van der Waals surface area contributed by atoms with Crippen molar-refractivity contribution in [3.8, 4) is 5.82 Å². The molecule has 1 amide bonds. The minimum atomic E-state index is -0.761. The lowest BCUT2D eigenvalue weighted by Gasteiger charge is -2.19. The van der Waals surface area contributed by atoms with E-state index in [1.54, 1.807) is 29.8 Å². The third-order valence-corrected chi connectivity index (χ3v) is 6.21. The number of amides is 1. The van der Waals surface area contributed by atoms with Gasteiger partial charge in [-0.2, -0.15) is 10.2 Å². The topological polar surface area (TPSA) is 123 Å². The number of anilines is 1. The molecule has 170 valence electrons. The van der Waals surface area contributed by atoms with E-state index in [1.165, 1.54) is 17.2 Å². The van der Waals surface area contributed by atoms with Crippen LogP contribution in [-0.4, -0.2) is 45.6 Å². The summed E-state index contributed by atoms with van der Waals surface area (Å²) >= 11 is 12.5. The van der Waals surface area contributed by atoms with Gasteiger partial charge in [-0.3, -0.25) is 4.79 Å². The molecule has 0 unspecified atom stereocenters. The molecule has 0 aliphatic heterocycles. The Morgan fingerprint density at radius 1 is 1.21 bits per heavy atom. The molecular weight excluding hydrogens is 467 g/mol. The van der Waals surface area contributed by atoms with Gasteiger partial charge in [0.05, 0.1) is 40.8 Å². The van der Waals surface area contributed by atoms with Crippen LogP contribution in [0.15, 0.2) is 30.7 Å². The first-order valence-corrected chi connectivity index (χ1v) is 11.0. The van der Waals surface area contributed by atoms with E-state index in [0.29, 0.717) is 28.6 Å². The average molecular weight is 487 g/mol. The Bertz CT molecular complexity index is 1390. The number of nitrogens with one attached hydrogen (secondary N) is 1. The van der Waals surface area contributed by atoms with E-state index in [-0.39, 0.29) is 22.2 Å². The first-order valence-electron chi connectivity index (χ1n) is 10.3. The molecule has 2 atom stereocenters. The smallest absolute Gasteiger partial charge is 0.232 e. The molecule has 4 aromatic rings. The first kappa shape index (κ1) is 21.7. The van der Waals surface area contributed by atoms with Crippen molar-refractivity contribution in [1.82, 2.24) is 34.6 Å². The fourth-order valence-corrected chi connectivity index (χ4v) is 4.66. The Balaban J connectivity index is 1.41. The minimum Gasteiger partial charge on any atom is -0.387 e. The molecule has 0 spiro atoms. The van der Waals surface area contributed by atoms with Crippen molar-refractivity contribution in [2.45, 2.75) is 44.6 Å². The van der Waals surface area contributed by atoms with Gasteiger partial charge in [-0.25, -0.2) is 14.5 Å². The summed E-state index contributed by atoms with van der Waals surface area (Å²) in [4.78, 5) is 23.2. The van der Waals surface area contributed by atoms with Crippen LogP contribution in [0.2, 0.25) is 10.2 Å². The molecule has 5 rings (SSSR count). The molecule has 1 aliphatic rings. The predicted molar refractivity (Wildman–Crippen MR) is 122 cm³/mol. The standard InChI is InChI=1S/C21H20Cl2N8O2/c1-10(32)15-9-26-31(28-15)19-14(22)4-11(7-25-19)27-20(33)12-6-21(2,3)18-13(12)8-24-17-5-16(23)29-30(17)18/h4-5,7-10,12,32H,6H2,1-3H3,(H,27,33)/t10-,12+/m1/s1. The van der Waals surface area contributed by atoms with E-state index in [4.69, 9.17) is 23.2 Å². The number of nitrogens with zero attached hydrogens (tertiary/aromatic N) is 7. The van der Waals surface area contributed by atoms with Crippen molar-refractivity contribution >= 4 is 40.4 Å². The molecule has 10 nitrogen and oxygen atoms in total. The molecule has 1 aliphatic carbocycles. The van der Waals surface area contributed by atoms with Crippen LogP contribution in [0.1, 0.15) is 56.2 Å². The highest BCUT2D eigenvalue weighted by molar-refractivity contribution is 6.32. The summed E-state index contributed by atoms with van der Waals surface area (Å²) in [5.41, 5.74) is 2.91. The van der Waals surface area contributed by atoms with Gasteiger partial charge in [-0.1, -0.05) is 37.0 Å². The number of rotatable bonds is 4. The maximum Gasteiger partial charge on any atom is 0.232 e. The summed E-state index contributed by atoms with van der Waals surface area (Å²) < 4.78 is 1.72. The number of aromatic nitrogens is 7. The van der Waals surface area contributed by atoms with Gasteiger partial charge in [0.15, 0.2) is 16.6 Å². The maximum atomic E-state index is 13.2. The number of halogens is 2. The van der Waals surface area contributed by atoms with Crippen molar-refractivity contribution < 1.29 is 9.90 Å². The van der Waals surface area contributed by atoms with Crippen molar-refractivity contribution in [3.05, 3.63) is 57.9 Å². The molecule has 0 saturated heterocycles. The third kappa shape index (κ3) is 3.73. The van der Waals surface area contributed by atoms with Gasteiger partial charge >= 0.3 is 0 Å². The number of pyridine rings is 1. The third-order valence-electron chi connectivity index (χ3n) is 5.75. The van der Waals surface area contributed by atoms with E-state index in [1.807, 2.05) is 0 Å². The molecule has 12 heteroatoms. The second-order valence-corrected chi connectivity index (χ2v) is 9.49. The van der Waals surface area contributed by atoms with Crippen LogP contribution in [0.3, 0.4) is 0 Å². The van der Waals surface area contributed by atoms with Gasteiger partial charge in [0, 0.05) is 23.2 Å². The lowest BCUT2D eigenvalue weighted by atomic mass is 9.88. The number of hydrogen-bond donors (Lipinski definition) is 2. The highest BCUT2D eigenvalue weighted by Gasteiger charge is 2.43. The second-order valence-electron chi connectivity index (χ2n) is 8.69. The molecule has 0 radical (unpaired) electrons. The van der Waals surface area contributed by atoms with Gasteiger partial charge in [0.25, 0.3) is 0 Å². The Hall–Kier alpha value is -3.08. The Morgan fingerprint density at radius 2 is 2.00 bits per heavy atom. The summed E-state index contributed by atoms with van der Waals surface area (Å²) in [5, 5.41) is 25.7. The maximum absolute atomic E-state index is 13.2. The van der Waals surface area contributed by atoms with Gasteiger partial charge in [0.1, 0.15) is 5.69 Å².